The number of carbonyl (C=O) groups is 2. The van der Waals surface area contributed by atoms with Crippen molar-refractivity contribution in [3.8, 4) is 0 Å². The first-order chi connectivity index (χ1) is 11.5. The van der Waals surface area contributed by atoms with Crippen LogP contribution in [0.2, 0.25) is 0 Å². The number of rotatable bonds is 8. The Hall–Kier alpha value is -2.37. The number of nitrogens with one attached hydrogen (secondary N) is 1. The van der Waals surface area contributed by atoms with Crippen LogP contribution in [0.15, 0.2) is 24.3 Å². The molecule has 6 nitrogen and oxygen atoms in total. The first-order valence-electron chi connectivity index (χ1n) is 8.51. The third-order valence-electron chi connectivity index (χ3n) is 4.09. The van der Waals surface area contributed by atoms with E-state index in [9.17, 15) is 9.59 Å². The number of fused-ring (bicyclic) bond motifs is 1. The molecule has 1 aromatic carbocycles. The van der Waals surface area contributed by atoms with Crippen molar-refractivity contribution in [3.05, 3.63) is 30.0 Å². The van der Waals surface area contributed by atoms with Gasteiger partial charge in [0, 0.05) is 11.9 Å². The Morgan fingerprint density at radius 3 is 2.58 bits per heavy atom. The van der Waals surface area contributed by atoms with Gasteiger partial charge in [-0.1, -0.05) is 51.8 Å². The molecular formula is C18H26N4O2. The molecule has 2 aromatic rings. The average molecular weight is 330 g/mol. The normalized spacial score (nSPS) is 12.5. The fourth-order valence-corrected chi connectivity index (χ4v) is 2.77. The second-order valence-corrected chi connectivity index (χ2v) is 6.39. The smallest absolute Gasteiger partial charge is 0.270 e. The van der Waals surface area contributed by atoms with Gasteiger partial charge in [-0.15, -0.1) is 0 Å². The summed E-state index contributed by atoms with van der Waals surface area (Å²) in [6, 6.07) is 6.84. The molecule has 0 saturated heterocycles. The topological polar surface area (TPSA) is 90.0 Å². The second-order valence-electron chi connectivity index (χ2n) is 6.39. The Morgan fingerprint density at radius 2 is 1.96 bits per heavy atom. The number of unbranched alkanes of at least 4 members (excludes halogenated alkanes) is 2. The standard InChI is InChI=1S/C18H26N4O2/c1-4-5-8-11-22-16(13-9-6-7-10-14(13)21-22)18(24)20-15(12(2)3)17(19)23/h6-7,9-10,12,15H,4-5,8,11H2,1-3H3,(H2,19,23)(H,20,24)/t15-/m0/s1. The fraction of sp³-hybridized carbons (Fsp3) is 0.500. The van der Waals surface area contributed by atoms with Gasteiger partial charge < -0.3 is 11.1 Å². The minimum atomic E-state index is -0.699. The van der Waals surface area contributed by atoms with E-state index in [2.05, 4.69) is 17.3 Å². The molecule has 3 N–H and O–H groups in total. The molecule has 6 heteroatoms. The summed E-state index contributed by atoms with van der Waals surface area (Å²) in [4.78, 5) is 24.4. The molecule has 0 aliphatic rings. The number of amides is 2. The lowest BCUT2D eigenvalue weighted by Gasteiger charge is -2.19. The van der Waals surface area contributed by atoms with Gasteiger partial charge in [0.05, 0.1) is 5.52 Å². The maximum Gasteiger partial charge on any atom is 0.270 e. The number of nitrogens with two attached hydrogens (primary N) is 1. The van der Waals surface area contributed by atoms with Crippen molar-refractivity contribution in [1.82, 2.24) is 15.1 Å². The van der Waals surface area contributed by atoms with Crippen LogP contribution in [-0.4, -0.2) is 27.6 Å². The van der Waals surface area contributed by atoms with Crippen LogP contribution < -0.4 is 11.1 Å². The van der Waals surface area contributed by atoms with Crippen LogP contribution in [0.4, 0.5) is 0 Å². The van der Waals surface area contributed by atoms with Gasteiger partial charge in [0.25, 0.3) is 5.91 Å². The van der Waals surface area contributed by atoms with Crippen molar-refractivity contribution in [2.75, 3.05) is 0 Å². The van der Waals surface area contributed by atoms with Crippen LogP contribution >= 0.6 is 0 Å². The lowest BCUT2D eigenvalue weighted by Crippen LogP contribution is -2.48. The van der Waals surface area contributed by atoms with Crippen molar-refractivity contribution in [3.63, 3.8) is 0 Å². The molecule has 24 heavy (non-hydrogen) atoms. The summed E-state index contributed by atoms with van der Waals surface area (Å²) >= 11 is 0. The third kappa shape index (κ3) is 3.93. The summed E-state index contributed by atoms with van der Waals surface area (Å²) in [6.45, 7) is 6.51. The third-order valence-corrected chi connectivity index (χ3v) is 4.09. The van der Waals surface area contributed by atoms with E-state index in [1.165, 1.54) is 0 Å². The molecule has 0 bridgehead atoms. The minimum absolute atomic E-state index is 0.0748. The fourth-order valence-electron chi connectivity index (χ4n) is 2.77. The highest BCUT2D eigenvalue weighted by atomic mass is 16.2. The van der Waals surface area contributed by atoms with Crippen LogP contribution in [0, 0.1) is 5.92 Å². The number of hydrogen-bond donors (Lipinski definition) is 2. The molecule has 2 rings (SSSR count). The molecule has 0 unspecified atom stereocenters. The summed E-state index contributed by atoms with van der Waals surface area (Å²) in [6.07, 6.45) is 3.13. The van der Waals surface area contributed by atoms with Gasteiger partial charge in [-0.25, -0.2) is 0 Å². The van der Waals surface area contributed by atoms with Gasteiger partial charge in [-0.05, 0) is 18.4 Å². The average Bonchev–Trinajstić information content (AvgIpc) is 2.90. The molecule has 0 aliphatic heterocycles. The Kier molecular flexibility index (Phi) is 5.95. The SMILES string of the molecule is CCCCCn1nc2ccccc2c1C(=O)N[C@H](C(N)=O)C(C)C. The van der Waals surface area contributed by atoms with E-state index >= 15 is 0 Å². The molecule has 0 saturated carbocycles. The zero-order chi connectivity index (χ0) is 17.7. The number of aryl methyl sites for hydroxylation is 1. The number of aromatic nitrogens is 2. The van der Waals surface area contributed by atoms with Crippen molar-refractivity contribution >= 4 is 22.7 Å². The van der Waals surface area contributed by atoms with Crippen LogP contribution in [0.25, 0.3) is 10.9 Å². The van der Waals surface area contributed by atoms with Crippen molar-refractivity contribution in [1.29, 1.82) is 0 Å². The zero-order valence-electron chi connectivity index (χ0n) is 14.6. The lowest BCUT2D eigenvalue weighted by molar-refractivity contribution is -0.120. The van der Waals surface area contributed by atoms with E-state index in [-0.39, 0.29) is 11.8 Å². The maximum atomic E-state index is 12.8. The molecule has 0 aliphatic carbocycles. The van der Waals surface area contributed by atoms with E-state index in [0.717, 1.165) is 30.2 Å². The predicted octanol–water partition coefficient (Wildman–Crippen LogP) is 2.47. The Balaban J connectivity index is 2.35. The van der Waals surface area contributed by atoms with E-state index in [4.69, 9.17) is 5.73 Å². The van der Waals surface area contributed by atoms with E-state index in [1.54, 1.807) is 4.68 Å². The molecular weight excluding hydrogens is 304 g/mol. The summed E-state index contributed by atoms with van der Waals surface area (Å²) < 4.78 is 1.74. The highest BCUT2D eigenvalue weighted by Crippen LogP contribution is 2.19. The molecule has 1 heterocycles. The largest absolute Gasteiger partial charge is 0.368 e. The minimum Gasteiger partial charge on any atom is -0.368 e. The van der Waals surface area contributed by atoms with E-state index in [1.807, 2.05) is 38.1 Å². The van der Waals surface area contributed by atoms with Crippen LogP contribution in [0.5, 0.6) is 0 Å². The number of hydrogen-bond acceptors (Lipinski definition) is 3. The molecule has 1 atom stereocenters. The van der Waals surface area contributed by atoms with Crippen LogP contribution in [0.1, 0.15) is 50.5 Å². The van der Waals surface area contributed by atoms with Gasteiger partial charge in [-0.2, -0.15) is 5.10 Å². The number of primary amides is 1. The Bertz CT molecular complexity index is 721. The van der Waals surface area contributed by atoms with E-state index < -0.39 is 11.9 Å². The summed E-state index contributed by atoms with van der Waals surface area (Å²) in [5.41, 5.74) is 6.68. The van der Waals surface area contributed by atoms with Gasteiger partial charge >= 0.3 is 0 Å². The highest BCUT2D eigenvalue weighted by Gasteiger charge is 2.25. The Morgan fingerprint density at radius 1 is 1.25 bits per heavy atom. The highest BCUT2D eigenvalue weighted by molar-refractivity contribution is 6.06. The summed E-state index contributed by atoms with van der Waals surface area (Å²) in [7, 11) is 0. The van der Waals surface area contributed by atoms with Crippen molar-refractivity contribution in [2.45, 2.75) is 52.6 Å². The van der Waals surface area contributed by atoms with Crippen LogP contribution in [0.3, 0.4) is 0 Å². The summed E-state index contributed by atoms with van der Waals surface area (Å²) in [5.74, 6) is -0.911. The van der Waals surface area contributed by atoms with Gasteiger partial charge in [0.2, 0.25) is 5.91 Å². The molecule has 130 valence electrons. The predicted molar refractivity (Wildman–Crippen MR) is 94.5 cm³/mol. The van der Waals surface area contributed by atoms with Gasteiger partial charge in [0.15, 0.2) is 0 Å². The lowest BCUT2D eigenvalue weighted by atomic mass is 10.0. The number of carbonyl (C=O) groups excluding carboxylic acids is 2. The zero-order valence-corrected chi connectivity index (χ0v) is 14.6. The first kappa shape index (κ1) is 18.0. The summed E-state index contributed by atoms with van der Waals surface area (Å²) in [5, 5.41) is 8.10. The number of nitrogens with zero attached hydrogens (tertiary/aromatic N) is 2. The Labute approximate surface area is 142 Å². The quantitative estimate of drug-likeness (QED) is 0.729. The molecule has 2 amide bonds. The second kappa shape index (κ2) is 7.95. The molecule has 0 radical (unpaired) electrons. The van der Waals surface area contributed by atoms with Gasteiger partial charge in [0.1, 0.15) is 11.7 Å². The van der Waals surface area contributed by atoms with E-state index in [0.29, 0.717) is 12.2 Å². The monoisotopic (exact) mass is 330 g/mol. The van der Waals surface area contributed by atoms with Gasteiger partial charge in [-0.3, -0.25) is 14.3 Å². The van der Waals surface area contributed by atoms with Crippen molar-refractivity contribution < 1.29 is 9.59 Å². The maximum absolute atomic E-state index is 12.8. The van der Waals surface area contributed by atoms with Crippen LogP contribution in [-0.2, 0) is 11.3 Å². The molecule has 0 spiro atoms. The number of benzene rings is 1. The molecule has 0 fully saturated rings. The molecule has 1 aromatic heterocycles. The first-order valence-corrected chi connectivity index (χ1v) is 8.51. The van der Waals surface area contributed by atoms with Crippen molar-refractivity contribution in [2.24, 2.45) is 11.7 Å².